The molecule has 10 heteroatoms. The zero-order valence-electron chi connectivity index (χ0n) is 19.1. The van der Waals surface area contributed by atoms with Crippen LogP contribution in [-0.4, -0.2) is 51.8 Å². The van der Waals surface area contributed by atoms with E-state index in [1.165, 1.54) is 18.2 Å². The quantitative estimate of drug-likeness (QED) is 0.427. The molecule has 1 atom stereocenters. The molecule has 3 aromatic rings. The third-order valence-corrected chi connectivity index (χ3v) is 5.86. The molecule has 0 aliphatic carbocycles. The van der Waals surface area contributed by atoms with E-state index < -0.39 is 36.1 Å². The lowest BCUT2D eigenvalue weighted by molar-refractivity contribution is -0.0418. The Labute approximate surface area is 203 Å². The Balaban J connectivity index is 1.72. The van der Waals surface area contributed by atoms with E-state index in [2.05, 4.69) is 20.9 Å². The number of halogens is 4. The van der Waals surface area contributed by atoms with Crippen molar-refractivity contribution in [2.75, 3.05) is 19.7 Å². The van der Waals surface area contributed by atoms with E-state index in [1.54, 1.807) is 42.3 Å². The zero-order valence-corrected chi connectivity index (χ0v) is 20.7. The maximum Gasteiger partial charge on any atom is 0.410 e. The largest absolute Gasteiger partial charge is 0.444 e. The third-order valence-electron chi connectivity index (χ3n) is 5.40. The van der Waals surface area contributed by atoms with Crippen LogP contribution < -0.4 is 0 Å². The highest BCUT2D eigenvalue weighted by Crippen LogP contribution is 2.33. The normalized spacial score (nSPS) is 16.8. The van der Waals surface area contributed by atoms with Crippen molar-refractivity contribution < 1.29 is 27.4 Å². The lowest BCUT2D eigenvalue weighted by Gasteiger charge is -2.34. The van der Waals surface area contributed by atoms with Crippen molar-refractivity contribution in [1.29, 1.82) is 0 Å². The van der Waals surface area contributed by atoms with Crippen molar-refractivity contribution in [2.45, 2.75) is 45.6 Å². The molecule has 6 nitrogen and oxygen atoms in total. The van der Waals surface area contributed by atoms with Crippen LogP contribution in [0, 0.1) is 11.6 Å². The predicted molar refractivity (Wildman–Crippen MR) is 124 cm³/mol. The summed E-state index contributed by atoms with van der Waals surface area (Å²) < 4.78 is 56.3. The molecule has 34 heavy (non-hydrogen) atoms. The first-order valence-electron chi connectivity index (χ1n) is 10.9. The Hall–Kier alpha value is -2.59. The number of benzene rings is 1. The summed E-state index contributed by atoms with van der Waals surface area (Å²) in [7, 11) is 0. The van der Waals surface area contributed by atoms with Crippen molar-refractivity contribution in [3.8, 4) is 11.3 Å². The van der Waals surface area contributed by atoms with Crippen molar-refractivity contribution in [2.24, 2.45) is 0 Å². The highest BCUT2D eigenvalue weighted by molar-refractivity contribution is 9.10. The van der Waals surface area contributed by atoms with E-state index in [-0.39, 0.29) is 28.7 Å². The van der Waals surface area contributed by atoms with Crippen molar-refractivity contribution >= 4 is 27.7 Å². The summed E-state index contributed by atoms with van der Waals surface area (Å²) in [5.74, 6) is -1.55. The van der Waals surface area contributed by atoms with Gasteiger partial charge in [0.2, 0.25) is 0 Å². The molecule has 4 rings (SSSR count). The topological polar surface area (TPSA) is 56.1 Å². The van der Waals surface area contributed by atoms with E-state index in [9.17, 15) is 18.0 Å². The number of pyridine rings is 1. The van der Waals surface area contributed by atoms with Crippen LogP contribution in [0.3, 0.4) is 0 Å². The zero-order chi connectivity index (χ0) is 24.6. The number of nitrogens with zero attached hydrogens (tertiary/aromatic N) is 3. The highest BCUT2D eigenvalue weighted by Gasteiger charge is 2.30. The molecule has 0 bridgehead atoms. The SMILES string of the molecule is CC(C)(C)OC(=O)N1CCO[C@@H](Cc2c(-c3c(F)cc(Br)cc3F)nc3cc(CF)ccn23)C1. The Morgan fingerprint density at radius 2 is 1.97 bits per heavy atom. The van der Waals surface area contributed by atoms with E-state index in [0.29, 0.717) is 30.1 Å². The van der Waals surface area contributed by atoms with E-state index in [1.807, 2.05) is 0 Å². The molecule has 0 saturated carbocycles. The maximum atomic E-state index is 14.9. The summed E-state index contributed by atoms with van der Waals surface area (Å²) in [6, 6.07) is 5.46. The second-order valence-corrected chi connectivity index (χ2v) is 10.1. The lowest BCUT2D eigenvalue weighted by Crippen LogP contribution is -2.48. The molecule has 2 aromatic heterocycles. The number of ether oxygens (including phenoxy) is 2. The number of carbonyl (C=O) groups excluding carboxylic acids is 1. The van der Waals surface area contributed by atoms with Gasteiger partial charge in [0.25, 0.3) is 0 Å². The molecular weight excluding hydrogens is 515 g/mol. The Bertz CT molecular complexity index is 1200. The summed E-state index contributed by atoms with van der Waals surface area (Å²) in [5.41, 5.74) is 0.459. The summed E-state index contributed by atoms with van der Waals surface area (Å²) in [4.78, 5) is 18.6. The Morgan fingerprint density at radius 3 is 2.62 bits per heavy atom. The van der Waals surface area contributed by atoms with Gasteiger partial charge in [0, 0.05) is 23.6 Å². The fourth-order valence-corrected chi connectivity index (χ4v) is 4.34. The van der Waals surface area contributed by atoms with Crippen LogP contribution in [0.2, 0.25) is 0 Å². The van der Waals surface area contributed by atoms with Gasteiger partial charge < -0.3 is 18.8 Å². The van der Waals surface area contributed by atoms with Crippen LogP contribution in [0.15, 0.2) is 34.9 Å². The highest BCUT2D eigenvalue weighted by atomic mass is 79.9. The number of hydrogen-bond acceptors (Lipinski definition) is 4. The number of amides is 1. The molecule has 3 heterocycles. The second kappa shape index (κ2) is 9.58. The molecule has 1 amide bonds. The Kier molecular flexibility index (Phi) is 6.91. The van der Waals surface area contributed by atoms with Crippen LogP contribution in [0.4, 0.5) is 18.0 Å². The van der Waals surface area contributed by atoms with Gasteiger partial charge in [0.05, 0.1) is 36.2 Å². The number of rotatable bonds is 4. The monoisotopic (exact) mass is 539 g/mol. The van der Waals surface area contributed by atoms with Gasteiger partial charge in [-0.25, -0.2) is 22.9 Å². The van der Waals surface area contributed by atoms with E-state index in [0.717, 1.165) is 0 Å². The molecule has 0 spiro atoms. The number of alkyl halides is 1. The lowest BCUT2D eigenvalue weighted by atomic mass is 10.0. The molecule has 1 saturated heterocycles. The number of carbonyl (C=O) groups is 1. The first-order valence-corrected chi connectivity index (χ1v) is 11.7. The predicted octanol–water partition coefficient (Wildman–Crippen LogP) is 5.69. The van der Waals surface area contributed by atoms with Gasteiger partial charge >= 0.3 is 6.09 Å². The van der Waals surface area contributed by atoms with Crippen LogP contribution >= 0.6 is 15.9 Å². The molecular formula is C24H25BrF3N3O3. The summed E-state index contributed by atoms with van der Waals surface area (Å²) in [6.07, 6.45) is 0.943. The standard InChI is InChI=1S/C24H25BrF3N3O3/c1-24(2,3)34-23(32)30-6-7-33-16(13-30)11-19-22(21-17(27)9-15(25)10-18(21)28)29-20-8-14(12-26)4-5-31(19)20/h4-5,8-10,16H,6-7,11-13H2,1-3H3/t16-/m0/s1. The van der Waals surface area contributed by atoms with E-state index in [4.69, 9.17) is 9.47 Å². The van der Waals surface area contributed by atoms with Gasteiger partial charge in [-0.05, 0) is 50.6 Å². The Morgan fingerprint density at radius 1 is 1.26 bits per heavy atom. The molecule has 0 radical (unpaired) electrons. The number of morpholine rings is 1. The number of fused-ring (bicyclic) bond motifs is 1. The van der Waals surface area contributed by atoms with Gasteiger partial charge in [0.1, 0.15) is 29.6 Å². The number of imidazole rings is 1. The molecule has 1 fully saturated rings. The first-order chi connectivity index (χ1) is 16.1. The number of hydrogen-bond donors (Lipinski definition) is 0. The van der Waals surface area contributed by atoms with E-state index >= 15 is 0 Å². The first kappa shape index (κ1) is 24.5. The summed E-state index contributed by atoms with van der Waals surface area (Å²) >= 11 is 3.10. The maximum absolute atomic E-state index is 14.9. The molecule has 182 valence electrons. The molecule has 1 aliphatic heterocycles. The summed E-state index contributed by atoms with van der Waals surface area (Å²) in [6.45, 7) is 5.60. The van der Waals surface area contributed by atoms with Crippen molar-refractivity contribution in [3.63, 3.8) is 0 Å². The third kappa shape index (κ3) is 5.22. The fraction of sp³-hybridized carbons (Fsp3) is 0.417. The van der Waals surface area contributed by atoms with Crippen LogP contribution in [0.25, 0.3) is 16.9 Å². The van der Waals surface area contributed by atoms with Crippen LogP contribution in [0.5, 0.6) is 0 Å². The second-order valence-electron chi connectivity index (χ2n) is 9.17. The number of aromatic nitrogens is 2. The minimum Gasteiger partial charge on any atom is -0.444 e. The minimum absolute atomic E-state index is 0.108. The minimum atomic E-state index is -0.776. The average molecular weight is 540 g/mol. The summed E-state index contributed by atoms with van der Waals surface area (Å²) in [5, 5.41) is 0. The molecule has 1 aromatic carbocycles. The van der Waals surface area contributed by atoms with Crippen LogP contribution in [-0.2, 0) is 22.6 Å². The van der Waals surface area contributed by atoms with Gasteiger partial charge in [-0.3, -0.25) is 0 Å². The van der Waals surface area contributed by atoms with Gasteiger partial charge in [-0.1, -0.05) is 15.9 Å². The van der Waals surface area contributed by atoms with Crippen molar-refractivity contribution in [1.82, 2.24) is 14.3 Å². The molecule has 1 aliphatic rings. The van der Waals surface area contributed by atoms with Crippen molar-refractivity contribution in [3.05, 3.63) is 57.8 Å². The fourth-order valence-electron chi connectivity index (χ4n) is 3.94. The molecule has 0 N–H and O–H groups in total. The van der Waals surface area contributed by atoms with Gasteiger partial charge in [0.15, 0.2) is 0 Å². The van der Waals surface area contributed by atoms with Crippen LogP contribution in [0.1, 0.15) is 32.0 Å². The van der Waals surface area contributed by atoms with Gasteiger partial charge in [-0.2, -0.15) is 0 Å². The smallest absolute Gasteiger partial charge is 0.410 e. The average Bonchev–Trinajstić information content (AvgIpc) is 3.09. The van der Waals surface area contributed by atoms with Gasteiger partial charge in [-0.15, -0.1) is 0 Å². The molecule has 0 unspecified atom stereocenters.